The molecule has 0 atom stereocenters. The van der Waals surface area contributed by atoms with Crippen molar-refractivity contribution in [3.05, 3.63) is 59.7 Å². The van der Waals surface area contributed by atoms with Crippen LogP contribution in [0.15, 0.2) is 48.5 Å². The van der Waals surface area contributed by atoms with Crippen LogP contribution in [0.5, 0.6) is 0 Å². The summed E-state index contributed by atoms with van der Waals surface area (Å²) in [5, 5.41) is 0. The summed E-state index contributed by atoms with van der Waals surface area (Å²) in [5.41, 5.74) is 4.43. The van der Waals surface area contributed by atoms with Crippen LogP contribution in [0.25, 0.3) is 11.1 Å². The standard InChI is InChI=1S/C19H23NO/c1-4-8-19(21)16-11-12-18(15-9-6-5-7-10-15)17(13-16)14-20(2)3/h5-7,9-13H,4,8,14H2,1-3H3. The van der Waals surface area contributed by atoms with Gasteiger partial charge in [0, 0.05) is 18.5 Å². The van der Waals surface area contributed by atoms with E-state index < -0.39 is 0 Å². The molecule has 0 fully saturated rings. The van der Waals surface area contributed by atoms with Gasteiger partial charge in [0.25, 0.3) is 0 Å². The van der Waals surface area contributed by atoms with Gasteiger partial charge >= 0.3 is 0 Å². The van der Waals surface area contributed by atoms with Crippen molar-refractivity contribution >= 4 is 5.78 Å². The molecule has 2 heteroatoms. The molecule has 0 unspecified atom stereocenters. The van der Waals surface area contributed by atoms with Crippen LogP contribution in [0.1, 0.15) is 35.7 Å². The lowest BCUT2D eigenvalue weighted by Crippen LogP contribution is -2.12. The molecule has 2 aromatic carbocycles. The highest BCUT2D eigenvalue weighted by Gasteiger charge is 2.11. The van der Waals surface area contributed by atoms with Crippen molar-refractivity contribution in [1.82, 2.24) is 4.90 Å². The van der Waals surface area contributed by atoms with Gasteiger partial charge in [0.1, 0.15) is 0 Å². The van der Waals surface area contributed by atoms with E-state index in [1.807, 2.05) is 31.2 Å². The lowest BCUT2D eigenvalue weighted by Gasteiger charge is -2.16. The fraction of sp³-hybridized carbons (Fsp3) is 0.316. The van der Waals surface area contributed by atoms with Gasteiger partial charge in [-0.1, -0.05) is 49.4 Å². The average molecular weight is 281 g/mol. The van der Waals surface area contributed by atoms with Crippen LogP contribution in [-0.2, 0) is 6.54 Å². The number of rotatable bonds is 6. The second-order valence-corrected chi connectivity index (χ2v) is 5.65. The Labute approximate surface area is 127 Å². The minimum absolute atomic E-state index is 0.233. The number of benzene rings is 2. The molecule has 0 saturated carbocycles. The van der Waals surface area contributed by atoms with E-state index >= 15 is 0 Å². The zero-order valence-electron chi connectivity index (χ0n) is 13.1. The molecule has 21 heavy (non-hydrogen) atoms. The normalized spacial score (nSPS) is 10.9. The monoisotopic (exact) mass is 281 g/mol. The Balaban J connectivity index is 2.43. The summed E-state index contributed by atoms with van der Waals surface area (Å²) in [6.07, 6.45) is 1.51. The number of hydrogen-bond donors (Lipinski definition) is 0. The van der Waals surface area contributed by atoms with Gasteiger partial charge in [-0.25, -0.2) is 0 Å². The first-order valence-corrected chi connectivity index (χ1v) is 7.48. The summed E-state index contributed by atoms with van der Waals surface area (Å²) in [5.74, 6) is 0.233. The minimum Gasteiger partial charge on any atom is -0.305 e. The zero-order chi connectivity index (χ0) is 15.2. The van der Waals surface area contributed by atoms with E-state index in [4.69, 9.17) is 0 Å². The number of carbonyl (C=O) groups excluding carboxylic acids is 1. The van der Waals surface area contributed by atoms with Gasteiger partial charge in [0.2, 0.25) is 0 Å². The third-order valence-corrected chi connectivity index (χ3v) is 3.48. The highest BCUT2D eigenvalue weighted by molar-refractivity contribution is 5.96. The number of nitrogens with zero attached hydrogens (tertiary/aromatic N) is 1. The van der Waals surface area contributed by atoms with E-state index in [2.05, 4.69) is 43.3 Å². The summed E-state index contributed by atoms with van der Waals surface area (Å²) in [7, 11) is 4.10. The Morgan fingerprint density at radius 1 is 1.05 bits per heavy atom. The third-order valence-electron chi connectivity index (χ3n) is 3.48. The second-order valence-electron chi connectivity index (χ2n) is 5.65. The Morgan fingerprint density at radius 2 is 1.76 bits per heavy atom. The van der Waals surface area contributed by atoms with Gasteiger partial charge < -0.3 is 4.90 Å². The molecular weight excluding hydrogens is 258 g/mol. The maximum atomic E-state index is 12.1. The van der Waals surface area contributed by atoms with Gasteiger partial charge in [-0.15, -0.1) is 0 Å². The Hall–Kier alpha value is -1.93. The van der Waals surface area contributed by atoms with Gasteiger partial charge in [-0.3, -0.25) is 4.79 Å². The lowest BCUT2D eigenvalue weighted by atomic mass is 9.95. The molecule has 0 spiro atoms. The van der Waals surface area contributed by atoms with Crippen LogP contribution in [0.3, 0.4) is 0 Å². The first kappa shape index (κ1) is 15.5. The summed E-state index contributed by atoms with van der Waals surface area (Å²) >= 11 is 0. The summed E-state index contributed by atoms with van der Waals surface area (Å²) in [6, 6.07) is 16.4. The largest absolute Gasteiger partial charge is 0.305 e. The molecule has 0 bridgehead atoms. The SMILES string of the molecule is CCCC(=O)c1ccc(-c2ccccc2)c(CN(C)C)c1. The second kappa shape index (κ2) is 7.19. The minimum atomic E-state index is 0.233. The fourth-order valence-electron chi connectivity index (χ4n) is 2.51. The molecule has 2 rings (SSSR count). The summed E-state index contributed by atoms with van der Waals surface area (Å²) < 4.78 is 0. The first-order chi connectivity index (χ1) is 10.1. The quantitative estimate of drug-likeness (QED) is 0.732. The molecule has 0 aromatic heterocycles. The number of carbonyl (C=O) groups is 1. The molecule has 2 aromatic rings. The van der Waals surface area contributed by atoms with Crippen LogP contribution in [0.2, 0.25) is 0 Å². The molecule has 2 nitrogen and oxygen atoms in total. The van der Waals surface area contributed by atoms with Gasteiger partial charge in [-0.2, -0.15) is 0 Å². The molecule has 0 saturated heterocycles. The van der Waals surface area contributed by atoms with E-state index in [0.29, 0.717) is 6.42 Å². The molecule has 0 aliphatic carbocycles. The van der Waals surface area contributed by atoms with Crippen LogP contribution in [0, 0.1) is 0 Å². The van der Waals surface area contributed by atoms with E-state index in [-0.39, 0.29) is 5.78 Å². The predicted octanol–water partition coefficient (Wildman–Crippen LogP) is 4.40. The Kier molecular flexibility index (Phi) is 5.29. The average Bonchev–Trinajstić information content (AvgIpc) is 2.47. The van der Waals surface area contributed by atoms with Crippen molar-refractivity contribution in [2.45, 2.75) is 26.3 Å². The molecular formula is C19H23NO. The highest BCUT2D eigenvalue weighted by Crippen LogP contribution is 2.26. The van der Waals surface area contributed by atoms with Crippen molar-refractivity contribution < 1.29 is 4.79 Å². The molecule has 0 N–H and O–H groups in total. The van der Waals surface area contributed by atoms with Crippen LogP contribution in [-0.4, -0.2) is 24.8 Å². The van der Waals surface area contributed by atoms with Crippen molar-refractivity contribution in [1.29, 1.82) is 0 Å². The maximum absolute atomic E-state index is 12.1. The molecule has 0 radical (unpaired) electrons. The van der Waals surface area contributed by atoms with Gasteiger partial charge in [0.05, 0.1) is 0 Å². The van der Waals surface area contributed by atoms with E-state index in [0.717, 1.165) is 18.5 Å². The molecule has 0 amide bonds. The van der Waals surface area contributed by atoms with Crippen molar-refractivity contribution in [2.75, 3.05) is 14.1 Å². The van der Waals surface area contributed by atoms with Crippen molar-refractivity contribution in [3.8, 4) is 11.1 Å². The highest BCUT2D eigenvalue weighted by atomic mass is 16.1. The smallest absolute Gasteiger partial charge is 0.162 e. The fourth-order valence-corrected chi connectivity index (χ4v) is 2.51. The maximum Gasteiger partial charge on any atom is 0.162 e. The van der Waals surface area contributed by atoms with Crippen LogP contribution >= 0.6 is 0 Å². The topological polar surface area (TPSA) is 20.3 Å². The Bertz CT molecular complexity index is 602. The van der Waals surface area contributed by atoms with Crippen molar-refractivity contribution in [3.63, 3.8) is 0 Å². The number of hydrogen-bond acceptors (Lipinski definition) is 2. The van der Waals surface area contributed by atoms with E-state index in [1.54, 1.807) is 0 Å². The van der Waals surface area contributed by atoms with Gasteiger partial charge in [0.15, 0.2) is 5.78 Å². The molecule has 110 valence electrons. The first-order valence-electron chi connectivity index (χ1n) is 7.48. The zero-order valence-corrected chi connectivity index (χ0v) is 13.1. The molecule has 0 aliphatic rings. The Morgan fingerprint density at radius 3 is 2.38 bits per heavy atom. The predicted molar refractivity (Wildman–Crippen MR) is 88.5 cm³/mol. The lowest BCUT2D eigenvalue weighted by molar-refractivity contribution is 0.0981. The van der Waals surface area contributed by atoms with Crippen molar-refractivity contribution in [2.24, 2.45) is 0 Å². The van der Waals surface area contributed by atoms with Crippen LogP contribution in [0.4, 0.5) is 0 Å². The molecule has 0 aliphatic heterocycles. The van der Waals surface area contributed by atoms with Gasteiger partial charge in [-0.05, 0) is 43.3 Å². The summed E-state index contributed by atoms with van der Waals surface area (Å²) in [4.78, 5) is 14.3. The summed E-state index contributed by atoms with van der Waals surface area (Å²) in [6.45, 7) is 2.87. The van der Waals surface area contributed by atoms with E-state index in [1.165, 1.54) is 16.7 Å². The number of Topliss-reactive ketones (excluding diaryl/α,β-unsaturated/α-hetero) is 1. The van der Waals surface area contributed by atoms with Crippen LogP contribution < -0.4 is 0 Å². The number of ketones is 1. The van der Waals surface area contributed by atoms with E-state index in [9.17, 15) is 4.79 Å². The molecule has 0 heterocycles. The third kappa shape index (κ3) is 4.02.